The maximum absolute atomic E-state index is 16.4. The van der Waals surface area contributed by atoms with Gasteiger partial charge in [-0.25, -0.2) is 65.9 Å². The van der Waals surface area contributed by atoms with Crippen LogP contribution in [0.15, 0.2) is 12.1 Å². The van der Waals surface area contributed by atoms with Crippen molar-refractivity contribution in [1.82, 2.24) is 0 Å². The molecule has 1 nitrogen and oxygen atoms in total. The van der Waals surface area contributed by atoms with Gasteiger partial charge in [-0.3, -0.25) is 0 Å². The van der Waals surface area contributed by atoms with Crippen LogP contribution in [0, 0.1) is 87.3 Å². The summed E-state index contributed by atoms with van der Waals surface area (Å²) in [5.41, 5.74) is -12.5. The van der Waals surface area contributed by atoms with Crippen LogP contribution in [0.25, 0.3) is 0 Å². The van der Waals surface area contributed by atoms with Gasteiger partial charge in [0.15, 0.2) is 52.4 Å². The molecule has 0 fully saturated rings. The zero-order valence-electron chi connectivity index (χ0n) is 31.5. The molecule has 0 aromatic heterocycles. The highest BCUT2D eigenvalue weighted by Gasteiger charge is 2.50. The second-order valence-electron chi connectivity index (χ2n) is 16.3. The number of rotatable bonds is 8. The molecular formula is C38H34AlBF15O-. The number of hydrogen-bond donors (Lipinski definition) is 0. The van der Waals surface area contributed by atoms with E-state index in [1.54, 1.807) is 0 Å². The first-order valence-electron chi connectivity index (χ1n) is 17.1. The molecule has 18 heteroatoms. The zero-order valence-corrected chi connectivity index (χ0v) is 32.7. The first-order valence-corrected chi connectivity index (χ1v) is 18.9. The van der Waals surface area contributed by atoms with E-state index in [2.05, 4.69) is 0 Å². The van der Waals surface area contributed by atoms with E-state index >= 15 is 52.7 Å². The monoisotopic (exact) mass is 829 g/mol. The molecule has 4 rings (SSSR count). The molecule has 0 aliphatic heterocycles. The largest absolute Gasteiger partial charge is 0.642 e. The van der Waals surface area contributed by atoms with Crippen LogP contribution < -0.4 is 25.6 Å². The minimum atomic E-state index is -5.97. The minimum Gasteiger partial charge on any atom is -0.642 e. The fourth-order valence-electron chi connectivity index (χ4n) is 7.26. The van der Waals surface area contributed by atoms with Gasteiger partial charge in [-0.05, 0) is 31.5 Å². The van der Waals surface area contributed by atoms with Gasteiger partial charge in [0, 0.05) is 0 Å². The minimum absolute atomic E-state index is 0.0373. The fraction of sp³-hybridized carbons (Fsp3) is 0.368. The third-order valence-corrected chi connectivity index (χ3v) is 13.0. The van der Waals surface area contributed by atoms with E-state index in [1.165, 1.54) is 41.5 Å². The highest BCUT2D eigenvalue weighted by atomic mass is 27.2. The number of hydrogen-bond acceptors (Lipinski definition) is 1. The number of benzene rings is 4. The summed E-state index contributed by atoms with van der Waals surface area (Å²) in [4.78, 5) is 0. The molecule has 0 unspecified atom stereocenters. The van der Waals surface area contributed by atoms with Gasteiger partial charge >= 0.3 is 14.5 Å². The fourth-order valence-corrected chi connectivity index (χ4v) is 9.87. The Morgan fingerprint density at radius 1 is 0.411 bits per heavy atom. The summed E-state index contributed by atoms with van der Waals surface area (Å²) in [7, 11) is 0. The lowest BCUT2D eigenvalue weighted by molar-refractivity contribution is 0.380. The molecule has 4 aromatic rings. The maximum Gasteiger partial charge on any atom is 0.552 e. The van der Waals surface area contributed by atoms with Crippen LogP contribution in [0.5, 0.6) is 5.75 Å². The van der Waals surface area contributed by atoms with E-state index in [4.69, 9.17) is 3.79 Å². The van der Waals surface area contributed by atoms with Gasteiger partial charge in [0.1, 0.15) is 41.0 Å². The van der Waals surface area contributed by atoms with Crippen molar-refractivity contribution in [3.8, 4) is 5.75 Å². The summed E-state index contributed by atoms with van der Waals surface area (Å²) in [5, 5.41) is 0. The highest BCUT2D eigenvalue weighted by Crippen LogP contribution is 2.42. The van der Waals surface area contributed by atoms with Gasteiger partial charge in [-0.1, -0.05) is 81.4 Å². The summed E-state index contributed by atoms with van der Waals surface area (Å²) in [6.07, 6.45) is -5.97. The second-order valence-corrected chi connectivity index (χ2v) is 20.2. The zero-order chi connectivity index (χ0) is 43.1. The molecule has 4 aromatic carbocycles. The van der Waals surface area contributed by atoms with Crippen LogP contribution in [0.1, 0.15) is 80.4 Å². The molecule has 304 valence electrons. The van der Waals surface area contributed by atoms with E-state index in [-0.39, 0.29) is 26.4 Å². The van der Waals surface area contributed by atoms with Crippen molar-refractivity contribution >= 4 is 42.5 Å². The Bertz CT molecular complexity index is 1940. The molecule has 0 saturated carbocycles. The lowest BCUT2D eigenvalue weighted by Crippen LogP contribution is -2.79. The van der Waals surface area contributed by atoms with E-state index in [9.17, 15) is 13.2 Å². The van der Waals surface area contributed by atoms with Crippen LogP contribution in [0.2, 0.25) is 9.56 Å². The summed E-state index contributed by atoms with van der Waals surface area (Å²) in [6.45, 7) is 16.0. The van der Waals surface area contributed by atoms with Gasteiger partial charge in [0.05, 0.1) is 5.75 Å². The van der Waals surface area contributed by atoms with Gasteiger partial charge in [-0.2, -0.15) is 5.46 Å². The number of halogens is 15. The Morgan fingerprint density at radius 2 is 0.625 bits per heavy atom. The Hall–Kier alpha value is -3.77. The second kappa shape index (κ2) is 15.2. The van der Waals surface area contributed by atoms with Gasteiger partial charge in [0.2, 0.25) is 0 Å². The summed E-state index contributed by atoms with van der Waals surface area (Å²) in [5.74, 6) is -45.7. The molecule has 56 heavy (non-hydrogen) atoms. The molecule has 0 aliphatic carbocycles. The smallest absolute Gasteiger partial charge is 0.552 e. The SMILES string of the molecule is C[CH](C)[Al]([O]c1c(C(C)(C)C)cc([B-](c2c(F)c(F)c(F)c(F)c2F)(c2c(F)c(F)c(F)c(F)c2F)c2c(F)c(F)c(F)c(F)c2F)cc1C(C)(C)C)[CH](C)C. The average Bonchev–Trinajstić information content (AvgIpc) is 3.10. The molecular weight excluding hydrogens is 795 g/mol. The Balaban J connectivity index is 2.65. The van der Waals surface area contributed by atoms with Gasteiger partial charge in [0.25, 0.3) is 0 Å². The molecule has 0 heterocycles. The van der Waals surface area contributed by atoms with Crippen LogP contribution in [0.4, 0.5) is 65.9 Å². The van der Waals surface area contributed by atoms with Crippen molar-refractivity contribution < 1.29 is 69.6 Å². The Kier molecular flexibility index (Phi) is 12.2. The van der Waals surface area contributed by atoms with E-state index in [0.717, 1.165) is 0 Å². The predicted octanol–water partition coefficient (Wildman–Crippen LogP) is 9.94. The van der Waals surface area contributed by atoms with Crippen molar-refractivity contribution in [2.45, 2.75) is 89.6 Å². The maximum atomic E-state index is 16.4. The standard InChI is InChI=1S/C32H21BF15O.2C3H7.Al/c1-31(2,3)10-7-9(8-11(30(10)49)32(4,5)6)33(12-15(34)21(40)27(46)22(41)16(12)35,13-17(36)23(42)28(47)24(43)18(13)37)14-19(38)25(44)29(48)26(45)20(14)39;2*1-3-2;/h7-8,49H,1-6H3;2*3H,1-2H3;/q-1;;;+1/p-1. The Labute approximate surface area is 317 Å². The summed E-state index contributed by atoms with van der Waals surface area (Å²) < 4.78 is 240. The van der Waals surface area contributed by atoms with Crippen molar-refractivity contribution in [2.24, 2.45) is 0 Å². The topological polar surface area (TPSA) is 9.23 Å². The van der Waals surface area contributed by atoms with Crippen molar-refractivity contribution in [2.75, 3.05) is 0 Å². The van der Waals surface area contributed by atoms with Crippen LogP contribution >= 0.6 is 0 Å². The summed E-state index contributed by atoms with van der Waals surface area (Å²) in [6, 6.07) is 1.29. The highest BCUT2D eigenvalue weighted by molar-refractivity contribution is 7.20. The lowest BCUT2D eigenvalue weighted by Gasteiger charge is -2.46. The molecule has 0 radical (unpaired) electrons. The Morgan fingerprint density at radius 3 is 0.821 bits per heavy atom. The van der Waals surface area contributed by atoms with E-state index < -0.39 is 141 Å². The molecule has 0 saturated heterocycles. The van der Waals surface area contributed by atoms with Gasteiger partial charge in [-0.15, -0.1) is 16.4 Å². The third kappa shape index (κ3) is 6.96. The lowest BCUT2D eigenvalue weighted by atomic mass is 9.12. The molecule has 0 N–H and O–H groups in total. The van der Waals surface area contributed by atoms with Crippen molar-refractivity contribution in [3.05, 3.63) is 111 Å². The molecule has 0 atom stereocenters. The van der Waals surface area contributed by atoms with E-state index in [1.807, 2.05) is 27.7 Å². The average molecular weight is 829 g/mol. The summed E-state index contributed by atoms with van der Waals surface area (Å²) >= 11 is -2.43. The van der Waals surface area contributed by atoms with Crippen molar-refractivity contribution in [3.63, 3.8) is 0 Å². The molecule has 0 bridgehead atoms. The predicted molar refractivity (Wildman–Crippen MR) is 183 cm³/mol. The normalized spacial score (nSPS) is 12.7. The van der Waals surface area contributed by atoms with E-state index in [0.29, 0.717) is 12.1 Å². The third-order valence-electron chi connectivity index (χ3n) is 9.83. The van der Waals surface area contributed by atoms with Gasteiger partial charge < -0.3 is 3.79 Å². The first kappa shape index (κ1) is 44.9. The van der Waals surface area contributed by atoms with Crippen molar-refractivity contribution in [1.29, 1.82) is 0 Å². The molecule has 0 amide bonds. The molecule has 0 spiro atoms. The quantitative estimate of drug-likeness (QED) is 0.0745. The first-order chi connectivity index (χ1) is 25.5. The van der Waals surface area contributed by atoms with Crippen LogP contribution in [0.3, 0.4) is 0 Å². The molecule has 0 aliphatic rings. The van der Waals surface area contributed by atoms with Crippen LogP contribution in [-0.2, 0) is 10.8 Å². The van der Waals surface area contributed by atoms with Crippen LogP contribution in [-0.4, -0.2) is 20.6 Å².